The van der Waals surface area contributed by atoms with Crippen LogP contribution in [0.2, 0.25) is 0 Å². The largest absolute Gasteiger partial charge is 0.478 e. The highest BCUT2D eigenvalue weighted by Crippen LogP contribution is 2.25. The number of nitro groups is 1. The molecule has 0 saturated heterocycles. The third-order valence-corrected chi connectivity index (χ3v) is 2.99. The SMILES string of the molecule is CCN(CC)C(=O)CNc1ccc(C(=O)O)cc1[N+](=O)[O-]. The Balaban J connectivity index is 2.91. The molecule has 1 aromatic rings. The number of carbonyl (C=O) groups is 2. The van der Waals surface area contributed by atoms with Crippen molar-refractivity contribution in [3.05, 3.63) is 33.9 Å². The van der Waals surface area contributed by atoms with Crippen molar-refractivity contribution in [1.29, 1.82) is 0 Å². The predicted molar refractivity (Wildman–Crippen MR) is 76.5 cm³/mol. The monoisotopic (exact) mass is 295 g/mol. The molecule has 8 nitrogen and oxygen atoms in total. The molecule has 0 spiro atoms. The molecule has 0 atom stereocenters. The van der Waals surface area contributed by atoms with Gasteiger partial charge in [-0.1, -0.05) is 0 Å². The maximum Gasteiger partial charge on any atom is 0.335 e. The van der Waals surface area contributed by atoms with Crippen molar-refractivity contribution in [2.75, 3.05) is 25.0 Å². The minimum Gasteiger partial charge on any atom is -0.478 e. The number of carboxylic acids is 1. The summed E-state index contributed by atoms with van der Waals surface area (Å²) in [5.41, 5.74) is -0.435. The Hall–Kier alpha value is -2.64. The molecule has 8 heteroatoms. The minimum atomic E-state index is -1.25. The van der Waals surface area contributed by atoms with Crippen molar-refractivity contribution in [3.8, 4) is 0 Å². The Morgan fingerprint density at radius 3 is 2.43 bits per heavy atom. The fourth-order valence-electron chi connectivity index (χ4n) is 1.82. The number of rotatable bonds is 7. The van der Waals surface area contributed by atoms with Crippen molar-refractivity contribution < 1.29 is 19.6 Å². The number of nitrogens with one attached hydrogen (secondary N) is 1. The van der Waals surface area contributed by atoms with Gasteiger partial charge in [0.2, 0.25) is 5.91 Å². The maximum atomic E-state index is 11.8. The van der Waals surface area contributed by atoms with Gasteiger partial charge in [0.1, 0.15) is 5.69 Å². The first-order valence-electron chi connectivity index (χ1n) is 6.44. The molecular weight excluding hydrogens is 278 g/mol. The Labute approximate surface area is 121 Å². The third-order valence-electron chi connectivity index (χ3n) is 2.99. The maximum absolute atomic E-state index is 11.8. The van der Waals surface area contributed by atoms with E-state index in [1.165, 1.54) is 12.1 Å². The van der Waals surface area contributed by atoms with Crippen LogP contribution in [0.25, 0.3) is 0 Å². The first-order chi connectivity index (χ1) is 9.90. The summed E-state index contributed by atoms with van der Waals surface area (Å²) in [6.07, 6.45) is 0. The van der Waals surface area contributed by atoms with Crippen molar-refractivity contribution in [2.45, 2.75) is 13.8 Å². The fourth-order valence-corrected chi connectivity index (χ4v) is 1.82. The quantitative estimate of drug-likeness (QED) is 0.583. The molecule has 0 radical (unpaired) electrons. The zero-order valence-electron chi connectivity index (χ0n) is 11.8. The molecule has 0 aliphatic carbocycles. The first kappa shape index (κ1) is 16.4. The van der Waals surface area contributed by atoms with Gasteiger partial charge in [-0.05, 0) is 26.0 Å². The van der Waals surface area contributed by atoms with E-state index in [1.54, 1.807) is 4.90 Å². The van der Waals surface area contributed by atoms with Crippen LogP contribution in [0.1, 0.15) is 24.2 Å². The van der Waals surface area contributed by atoms with E-state index in [0.29, 0.717) is 13.1 Å². The van der Waals surface area contributed by atoms with Crippen molar-refractivity contribution in [2.24, 2.45) is 0 Å². The van der Waals surface area contributed by atoms with Crippen LogP contribution in [0.5, 0.6) is 0 Å². The zero-order chi connectivity index (χ0) is 16.0. The van der Waals surface area contributed by atoms with E-state index >= 15 is 0 Å². The number of nitrogens with zero attached hydrogens (tertiary/aromatic N) is 2. The van der Waals surface area contributed by atoms with E-state index in [-0.39, 0.29) is 29.4 Å². The number of benzene rings is 1. The Bertz CT molecular complexity index is 555. The van der Waals surface area contributed by atoms with Crippen LogP contribution in [0.4, 0.5) is 11.4 Å². The molecule has 0 unspecified atom stereocenters. The number of carbonyl (C=O) groups excluding carboxylic acids is 1. The van der Waals surface area contributed by atoms with Crippen LogP contribution in [-0.2, 0) is 4.79 Å². The molecule has 0 aliphatic heterocycles. The van der Waals surface area contributed by atoms with Crippen LogP contribution in [0.15, 0.2) is 18.2 Å². The molecule has 1 rings (SSSR count). The standard InChI is InChI=1S/C13H17N3O5/c1-3-15(4-2)12(17)8-14-10-6-5-9(13(18)19)7-11(10)16(20)21/h5-7,14H,3-4,8H2,1-2H3,(H,18,19). The molecule has 114 valence electrons. The van der Waals surface area contributed by atoms with Crippen LogP contribution < -0.4 is 5.32 Å². The zero-order valence-corrected chi connectivity index (χ0v) is 11.8. The predicted octanol–water partition coefficient (Wildman–Crippen LogP) is 1.57. The number of likely N-dealkylation sites (N-methyl/N-ethyl adjacent to an activating group) is 1. The molecule has 1 aromatic carbocycles. The summed E-state index contributed by atoms with van der Waals surface area (Å²) in [4.78, 5) is 34.5. The number of hydrogen-bond acceptors (Lipinski definition) is 5. The van der Waals surface area contributed by atoms with Gasteiger partial charge >= 0.3 is 5.97 Å². The molecule has 0 fully saturated rings. The van der Waals surface area contributed by atoms with Crippen molar-refractivity contribution in [1.82, 2.24) is 4.90 Å². The van der Waals surface area contributed by atoms with Crippen LogP contribution in [0, 0.1) is 10.1 Å². The topological polar surface area (TPSA) is 113 Å². The highest BCUT2D eigenvalue weighted by Gasteiger charge is 2.18. The number of carboxylic acid groups (broad SMARTS) is 1. The van der Waals surface area contributed by atoms with Gasteiger partial charge in [-0.25, -0.2) is 4.79 Å². The molecule has 0 bridgehead atoms. The molecule has 0 heterocycles. The Kier molecular flexibility index (Phi) is 5.65. The summed E-state index contributed by atoms with van der Waals surface area (Å²) >= 11 is 0. The summed E-state index contributed by atoms with van der Waals surface area (Å²) in [7, 11) is 0. The lowest BCUT2D eigenvalue weighted by molar-refractivity contribution is -0.384. The van der Waals surface area contributed by atoms with E-state index in [4.69, 9.17) is 5.11 Å². The van der Waals surface area contributed by atoms with E-state index < -0.39 is 10.9 Å². The van der Waals surface area contributed by atoms with E-state index in [2.05, 4.69) is 5.32 Å². The average molecular weight is 295 g/mol. The van der Waals surface area contributed by atoms with Gasteiger partial charge in [-0.15, -0.1) is 0 Å². The molecule has 2 N–H and O–H groups in total. The normalized spacial score (nSPS) is 10.0. The molecule has 0 aromatic heterocycles. The molecule has 0 aliphatic rings. The van der Waals surface area contributed by atoms with Crippen molar-refractivity contribution in [3.63, 3.8) is 0 Å². The van der Waals surface area contributed by atoms with Gasteiger partial charge in [0.05, 0.1) is 17.0 Å². The van der Waals surface area contributed by atoms with Gasteiger partial charge < -0.3 is 15.3 Å². The van der Waals surface area contributed by atoms with Crippen molar-refractivity contribution >= 4 is 23.3 Å². The fraction of sp³-hybridized carbons (Fsp3) is 0.385. The van der Waals surface area contributed by atoms with E-state index in [1.807, 2.05) is 13.8 Å². The minimum absolute atomic E-state index is 0.0884. The summed E-state index contributed by atoms with van der Waals surface area (Å²) in [5.74, 6) is -1.43. The van der Waals surface area contributed by atoms with Crippen LogP contribution >= 0.6 is 0 Å². The second-order valence-electron chi connectivity index (χ2n) is 4.21. The van der Waals surface area contributed by atoms with Gasteiger partial charge in [0.15, 0.2) is 0 Å². The first-order valence-corrected chi connectivity index (χ1v) is 6.44. The summed E-state index contributed by atoms with van der Waals surface area (Å²) < 4.78 is 0. The second-order valence-corrected chi connectivity index (χ2v) is 4.21. The number of nitro benzene ring substituents is 1. The number of anilines is 1. The number of aromatic carboxylic acids is 1. The van der Waals surface area contributed by atoms with Crippen LogP contribution in [-0.4, -0.2) is 46.4 Å². The lowest BCUT2D eigenvalue weighted by atomic mass is 10.1. The van der Waals surface area contributed by atoms with Gasteiger partial charge in [-0.2, -0.15) is 0 Å². The Morgan fingerprint density at radius 2 is 1.95 bits per heavy atom. The lowest BCUT2D eigenvalue weighted by Crippen LogP contribution is -2.35. The summed E-state index contributed by atoms with van der Waals surface area (Å²) in [6.45, 7) is 4.69. The molecule has 0 saturated carbocycles. The average Bonchev–Trinajstić information content (AvgIpc) is 2.45. The van der Waals surface area contributed by atoms with E-state index in [0.717, 1.165) is 6.07 Å². The van der Waals surface area contributed by atoms with Crippen LogP contribution in [0.3, 0.4) is 0 Å². The number of amides is 1. The Morgan fingerprint density at radius 1 is 1.33 bits per heavy atom. The highest BCUT2D eigenvalue weighted by atomic mass is 16.6. The summed E-state index contributed by atoms with van der Waals surface area (Å²) in [6, 6.07) is 3.50. The molecular formula is C13H17N3O5. The van der Waals surface area contributed by atoms with Gasteiger partial charge in [0, 0.05) is 19.2 Å². The lowest BCUT2D eigenvalue weighted by Gasteiger charge is -2.19. The third kappa shape index (κ3) is 4.16. The highest BCUT2D eigenvalue weighted by molar-refractivity contribution is 5.90. The molecule has 1 amide bonds. The van der Waals surface area contributed by atoms with Gasteiger partial charge in [-0.3, -0.25) is 14.9 Å². The van der Waals surface area contributed by atoms with E-state index in [9.17, 15) is 19.7 Å². The smallest absolute Gasteiger partial charge is 0.335 e. The summed E-state index contributed by atoms with van der Waals surface area (Å²) in [5, 5.41) is 22.5. The molecule has 21 heavy (non-hydrogen) atoms. The number of hydrogen-bond donors (Lipinski definition) is 2. The van der Waals surface area contributed by atoms with Gasteiger partial charge in [0.25, 0.3) is 5.69 Å². The second kappa shape index (κ2) is 7.22.